The van der Waals surface area contributed by atoms with E-state index in [1.54, 1.807) is 24.3 Å². The van der Waals surface area contributed by atoms with E-state index in [9.17, 15) is 17.6 Å². The molecule has 0 N–H and O–H groups in total. The van der Waals surface area contributed by atoms with Crippen LogP contribution in [0.15, 0.2) is 146 Å². The Morgan fingerprint density at radius 2 is 0.709 bits per heavy atom. The summed E-state index contributed by atoms with van der Waals surface area (Å²) in [5.74, 6) is -1.44. The van der Waals surface area contributed by atoms with E-state index in [0.717, 1.165) is 38.2 Å². The molecule has 2 aliphatic rings. The van der Waals surface area contributed by atoms with Gasteiger partial charge in [-0.3, -0.25) is 0 Å². The molecule has 0 saturated carbocycles. The summed E-state index contributed by atoms with van der Waals surface area (Å²) in [4.78, 5) is 0. The zero-order valence-electron chi connectivity index (χ0n) is 30.7. The van der Waals surface area contributed by atoms with Crippen LogP contribution in [-0.4, -0.2) is 0 Å². The summed E-state index contributed by atoms with van der Waals surface area (Å²) in [5, 5.41) is 4.63. The van der Waals surface area contributed by atoms with Gasteiger partial charge in [-0.05, 0) is 165 Å². The maximum absolute atomic E-state index is 15.3. The molecule has 9 rings (SSSR count). The summed E-state index contributed by atoms with van der Waals surface area (Å²) in [6, 6.07) is 42.0. The normalized spacial score (nSPS) is 14.7. The molecular weight excluding hydrogens is 730 g/mol. The Labute approximate surface area is 319 Å². The van der Waals surface area contributed by atoms with Gasteiger partial charge in [0.05, 0.1) is 0 Å². The van der Waals surface area contributed by atoms with Gasteiger partial charge in [0.15, 0.2) is 7.14 Å². The van der Waals surface area contributed by atoms with Crippen molar-refractivity contribution < 1.29 is 22.1 Å². The van der Waals surface area contributed by atoms with Crippen molar-refractivity contribution in [1.82, 2.24) is 0 Å². The lowest BCUT2D eigenvalue weighted by Crippen LogP contribution is -2.26. The van der Waals surface area contributed by atoms with Crippen LogP contribution in [0.25, 0.3) is 22.3 Å². The Morgan fingerprint density at radius 3 is 1.15 bits per heavy atom. The Morgan fingerprint density at radius 1 is 0.382 bits per heavy atom. The molecule has 272 valence electrons. The van der Waals surface area contributed by atoms with E-state index in [2.05, 4.69) is 64.1 Å². The highest BCUT2D eigenvalue weighted by atomic mass is 31.2. The summed E-state index contributed by atoms with van der Waals surface area (Å²) in [6.07, 6.45) is 0. The third-order valence-corrected chi connectivity index (χ3v) is 17.1. The molecule has 0 aliphatic heterocycles. The first kappa shape index (κ1) is 35.6. The molecule has 0 bridgehead atoms. The lowest BCUT2D eigenvalue weighted by Gasteiger charge is -2.26. The second-order valence-corrected chi connectivity index (χ2v) is 20.5. The highest BCUT2D eigenvalue weighted by Gasteiger charge is 2.43. The van der Waals surface area contributed by atoms with Gasteiger partial charge in [0.2, 0.25) is 0 Å². The third-order valence-electron chi connectivity index (χ3n) is 11.6. The van der Waals surface area contributed by atoms with Crippen molar-refractivity contribution in [3.63, 3.8) is 0 Å². The van der Waals surface area contributed by atoms with Gasteiger partial charge in [-0.2, -0.15) is 0 Å². The fraction of sp³-hybridized carbons (Fsp3) is 0.125. The molecule has 7 aromatic rings. The summed E-state index contributed by atoms with van der Waals surface area (Å²) >= 11 is 0. The lowest BCUT2D eigenvalue weighted by atomic mass is 9.79. The molecule has 0 unspecified atom stereocenters. The molecule has 2 aliphatic carbocycles. The molecule has 0 fully saturated rings. The van der Waals surface area contributed by atoms with Gasteiger partial charge in [-0.25, -0.2) is 17.6 Å². The van der Waals surface area contributed by atoms with E-state index in [1.807, 2.05) is 36.4 Å². The second-order valence-electron chi connectivity index (χ2n) is 15.5. The van der Waals surface area contributed by atoms with Crippen molar-refractivity contribution in [2.75, 3.05) is 0 Å². The van der Waals surface area contributed by atoms with Crippen LogP contribution in [-0.2, 0) is 15.4 Å². The van der Waals surface area contributed by atoms with Gasteiger partial charge >= 0.3 is 0 Å². The molecule has 0 aromatic heterocycles. The summed E-state index contributed by atoms with van der Waals surface area (Å²) in [7, 11) is -4.60. The van der Waals surface area contributed by atoms with Crippen LogP contribution in [0, 0.1) is 23.3 Å². The van der Waals surface area contributed by atoms with Crippen LogP contribution < -0.4 is 31.8 Å². The third kappa shape index (κ3) is 5.58. The number of rotatable bonds is 6. The van der Waals surface area contributed by atoms with E-state index in [-0.39, 0.29) is 17.0 Å². The average molecular weight is 767 g/mol. The van der Waals surface area contributed by atoms with E-state index in [4.69, 9.17) is 0 Å². The molecule has 0 atom stereocenters. The molecule has 0 spiro atoms. The van der Waals surface area contributed by atoms with E-state index < -0.39 is 32.1 Å². The minimum Gasteiger partial charge on any atom is -0.309 e. The van der Waals surface area contributed by atoms with Gasteiger partial charge in [0, 0.05) is 26.7 Å². The number of hydrogen-bond acceptors (Lipinski definition) is 1. The zero-order chi connectivity index (χ0) is 38.4. The maximum atomic E-state index is 15.3. The highest BCUT2D eigenvalue weighted by Crippen LogP contribution is 2.57. The predicted octanol–water partition coefficient (Wildman–Crippen LogP) is 10.3. The smallest absolute Gasteiger partial charge is 0.171 e. The van der Waals surface area contributed by atoms with Crippen LogP contribution in [0.3, 0.4) is 0 Å². The predicted molar refractivity (Wildman–Crippen MR) is 220 cm³/mol. The molecular formula is C48H36F4OP2. The van der Waals surface area contributed by atoms with Gasteiger partial charge in [0.25, 0.3) is 0 Å². The first-order valence-electron chi connectivity index (χ1n) is 18.2. The van der Waals surface area contributed by atoms with Gasteiger partial charge in [-0.15, -0.1) is 0 Å². The number of fused-ring (bicyclic) bond motifs is 6. The second kappa shape index (κ2) is 12.7. The summed E-state index contributed by atoms with van der Waals surface area (Å²) in [5.41, 5.74) is 8.36. The fourth-order valence-corrected chi connectivity index (χ4v) is 13.5. The summed E-state index contributed by atoms with van der Waals surface area (Å²) < 4.78 is 71.6. The van der Waals surface area contributed by atoms with Crippen molar-refractivity contribution in [2.45, 2.75) is 38.5 Å². The SMILES string of the molecule is CC1(C)c2cc(P(c3ccc(F)cc3)c3ccc(F)cc3)ccc2-c2cc3c(cc21)-c1ccc(P(=O)(c2ccc(F)cc2)c2ccc(F)cc2)cc1C3(C)C. The highest BCUT2D eigenvalue weighted by molar-refractivity contribution is 7.85. The van der Waals surface area contributed by atoms with Crippen molar-refractivity contribution >= 4 is 46.9 Å². The van der Waals surface area contributed by atoms with Crippen LogP contribution >= 0.6 is 15.1 Å². The maximum Gasteiger partial charge on any atom is 0.171 e. The van der Waals surface area contributed by atoms with Crippen LogP contribution in [0.2, 0.25) is 0 Å². The Bertz CT molecular complexity index is 2610. The largest absolute Gasteiger partial charge is 0.309 e. The van der Waals surface area contributed by atoms with Crippen LogP contribution in [0.5, 0.6) is 0 Å². The first-order chi connectivity index (χ1) is 26.3. The van der Waals surface area contributed by atoms with Gasteiger partial charge in [-0.1, -0.05) is 76.2 Å². The van der Waals surface area contributed by atoms with Crippen LogP contribution in [0.1, 0.15) is 49.9 Å². The first-order valence-corrected chi connectivity index (χ1v) is 21.2. The standard InChI is InChI=1S/C48H36F4OP2/c1-47(2)43-25-35(54(33-13-5-29(49)6-14-33)34-15-7-30(50)8-16-34)17-23-39(43)41-27-46-42(28-45(41)47)40-24-22-38(26-44(40)48(46,3)4)55(53,36-18-9-31(51)10-19-36)37-20-11-32(52)12-21-37/h5-28H,1-4H3. The minimum atomic E-state index is -3.51. The molecule has 0 radical (unpaired) electrons. The topological polar surface area (TPSA) is 17.1 Å². The van der Waals surface area contributed by atoms with E-state index in [0.29, 0.717) is 15.9 Å². The molecule has 0 saturated heterocycles. The molecule has 7 aromatic carbocycles. The molecule has 7 heteroatoms. The quantitative estimate of drug-likeness (QED) is 0.122. The fourth-order valence-electron chi connectivity index (χ4n) is 8.65. The summed E-state index contributed by atoms with van der Waals surface area (Å²) in [6.45, 7) is 8.88. The molecule has 1 nitrogen and oxygen atoms in total. The van der Waals surface area contributed by atoms with Crippen LogP contribution in [0.4, 0.5) is 17.6 Å². The zero-order valence-corrected chi connectivity index (χ0v) is 32.5. The van der Waals surface area contributed by atoms with Crippen molar-refractivity contribution in [2.24, 2.45) is 0 Å². The van der Waals surface area contributed by atoms with Gasteiger partial charge < -0.3 is 4.57 Å². The number of benzene rings is 7. The Hall–Kier alpha value is -5.08. The Kier molecular flexibility index (Phi) is 8.25. The van der Waals surface area contributed by atoms with E-state index in [1.165, 1.54) is 70.8 Å². The lowest BCUT2D eigenvalue weighted by molar-refractivity contribution is 0.592. The minimum absolute atomic E-state index is 0.299. The molecule has 55 heavy (non-hydrogen) atoms. The van der Waals surface area contributed by atoms with Crippen molar-refractivity contribution in [3.8, 4) is 22.3 Å². The van der Waals surface area contributed by atoms with Gasteiger partial charge in [0.1, 0.15) is 23.3 Å². The van der Waals surface area contributed by atoms with Crippen molar-refractivity contribution in [1.29, 1.82) is 0 Å². The molecule has 0 heterocycles. The molecule has 0 amide bonds. The average Bonchev–Trinajstić information content (AvgIpc) is 3.54. The monoisotopic (exact) mass is 766 g/mol. The number of halogens is 4. The Balaban J connectivity index is 1.15. The number of hydrogen-bond donors (Lipinski definition) is 0. The van der Waals surface area contributed by atoms with E-state index >= 15 is 4.57 Å². The van der Waals surface area contributed by atoms with Crippen molar-refractivity contribution in [3.05, 3.63) is 191 Å².